The monoisotopic (exact) mass is 380 g/mol. The van der Waals surface area contributed by atoms with Crippen LogP contribution in [0.25, 0.3) is 0 Å². The first kappa shape index (κ1) is 20.3. The molecular weight excluding hydrogens is 361 g/mol. The topological polar surface area (TPSA) is 46.5 Å². The van der Waals surface area contributed by atoms with Crippen molar-refractivity contribution < 1.29 is 45.4 Å². The molecule has 146 valence electrons. The molecule has 2 aliphatic carbocycles. The summed E-state index contributed by atoms with van der Waals surface area (Å²) in [7, 11) is 0. The van der Waals surface area contributed by atoms with Gasteiger partial charge in [-0.1, -0.05) is 6.92 Å². The van der Waals surface area contributed by atoms with E-state index in [9.17, 15) is 40.6 Å². The van der Waals surface area contributed by atoms with Crippen LogP contribution in [0.15, 0.2) is 0 Å². The Morgan fingerprint density at radius 2 is 1.52 bits per heavy atom. The van der Waals surface area contributed by atoms with E-state index in [1.165, 1.54) is 6.92 Å². The van der Waals surface area contributed by atoms with E-state index in [-0.39, 0.29) is 19.3 Å². The molecule has 0 aliphatic heterocycles. The second-order valence-corrected chi connectivity index (χ2v) is 7.09. The Kier molecular flexibility index (Phi) is 4.85. The van der Waals surface area contributed by atoms with Crippen LogP contribution in [0.4, 0.5) is 30.7 Å². The lowest BCUT2D eigenvalue weighted by molar-refractivity contribution is -0.389. The molecule has 10 heteroatoms. The molecule has 2 rings (SSSR count). The highest BCUT2D eigenvalue weighted by atomic mass is 19.4. The summed E-state index contributed by atoms with van der Waals surface area (Å²) in [5.41, 5.74) is -7.06. The summed E-state index contributed by atoms with van der Waals surface area (Å²) >= 11 is 0. The van der Waals surface area contributed by atoms with E-state index in [0.717, 1.165) is 6.92 Å². The van der Waals surface area contributed by atoms with Gasteiger partial charge in [-0.2, -0.15) is 26.3 Å². The summed E-state index contributed by atoms with van der Waals surface area (Å²) in [6, 6.07) is 0. The van der Waals surface area contributed by atoms with Gasteiger partial charge in [0.15, 0.2) is 0 Å². The van der Waals surface area contributed by atoms with Gasteiger partial charge in [-0.3, -0.25) is 0 Å². The molecule has 2 aliphatic rings. The standard InChI is InChI=1S/C15H19F7O3/c1-3-12(2,16)11(23)25-10-6-7-4-8(10)5-9(7)13(24,14(17,18)19)15(20,21)22/h7-10,24H,3-6H2,1-2H3. The highest BCUT2D eigenvalue weighted by Gasteiger charge is 2.76. The van der Waals surface area contributed by atoms with Crippen LogP contribution in [-0.2, 0) is 9.53 Å². The van der Waals surface area contributed by atoms with Crippen molar-refractivity contribution in [2.45, 2.75) is 69.3 Å². The minimum absolute atomic E-state index is 0.0355. The second kappa shape index (κ2) is 5.99. The zero-order chi connectivity index (χ0) is 19.4. The third-order valence-electron chi connectivity index (χ3n) is 5.54. The maximum Gasteiger partial charge on any atom is 0.426 e. The number of ether oxygens (including phenoxy) is 1. The van der Waals surface area contributed by atoms with Crippen molar-refractivity contribution in [3.8, 4) is 0 Å². The normalized spacial score (nSPS) is 32.6. The molecule has 5 atom stereocenters. The number of hydrogen-bond donors (Lipinski definition) is 1. The number of carbonyl (C=O) groups is 1. The summed E-state index contributed by atoms with van der Waals surface area (Å²) in [5.74, 6) is -5.10. The number of fused-ring (bicyclic) bond motifs is 2. The Hall–Kier alpha value is -1.06. The quantitative estimate of drug-likeness (QED) is 0.594. The van der Waals surface area contributed by atoms with Crippen LogP contribution in [0, 0.1) is 17.8 Å². The Bertz CT molecular complexity index is 512. The summed E-state index contributed by atoms with van der Waals surface area (Å²) in [5, 5.41) is 9.52. The van der Waals surface area contributed by atoms with Gasteiger partial charge >= 0.3 is 18.3 Å². The first-order valence-corrected chi connectivity index (χ1v) is 7.91. The van der Waals surface area contributed by atoms with Crippen molar-refractivity contribution in [2.75, 3.05) is 0 Å². The zero-order valence-electron chi connectivity index (χ0n) is 13.5. The molecule has 0 heterocycles. The van der Waals surface area contributed by atoms with Gasteiger partial charge in [-0.05, 0) is 44.4 Å². The van der Waals surface area contributed by atoms with Crippen LogP contribution >= 0.6 is 0 Å². The maximum absolute atomic E-state index is 13.9. The van der Waals surface area contributed by atoms with Crippen LogP contribution in [0.5, 0.6) is 0 Å². The number of rotatable bonds is 4. The summed E-state index contributed by atoms with van der Waals surface area (Å²) < 4.78 is 96.7. The minimum atomic E-state index is -5.87. The van der Waals surface area contributed by atoms with Crippen LogP contribution in [0.2, 0.25) is 0 Å². The molecule has 0 saturated heterocycles. The molecule has 0 radical (unpaired) electrons. The number of alkyl halides is 7. The smallest absolute Gasteiger partial charge is 0.426 e. The highest BCUT2D eigenvalue weighted by molar-refractivity contribution is 5.79. The van der Waals surface area contributed by atoms with Crippen LogP contribution in [0.3, 0.4) is 0 Å². The average molecular weight is 380 g/mol. The molecule has 2 bridgehead atoms. The van der Waals surface area contributed by atoms with E-state index >= 15 is 0 Å². The Morgan fingerprint density at radius 3 is 1.88 bits per heavy atom. The fourth-order valence-corrected chi connectivity index (χ4v) is 3.86. The molecule has 3 nitrogen and oxygen atoms in total. The molecule has 0 aromatic heterocycles. The Labute approximate surface area is 139 Å². The van der Waals surface area contributed by atoms with Gasteiger partial charge in [-0.25, -0.2) is 9.18 Å². The van der Waals surface area contributed by atoms with E-state index in [1.54, 1.807) is 0 Å². The van der Waals surface area contributed by atoms with Gasteiger partial charge in [-0.15, -0.1) is 0 Å². The zero-order valence-corrected chi connectivity index (χ0v) is 13.5. The van der Waals surface area contributed by atoms with Crippen molar-refractivity contribution in [2.24, 2.45) is 17.8 Å². The largest absolute Gasteiger partial charge is 0.460 e. The molecule has 2 saturated carbocycles. The molecule has 0 amide bonds. The molecule has 2 fully saturated rings. The van der Waals surface area contributed by atoms with Crippen molar-refractivity contribution in [3.63, 3.8) is 0 Å². The Balaban J connectivity index is 2.14. The summed E-state index contributed by atoms with van der Waals surface area (Å²) in [4.78, 5) is 11.7. The van der Waals surface area contributed by atoms with Crippen molar-refractivity contribution in [1.82, 2.24) is 0 Å². The van der Waals surface area contributed by atoms with Gasteiger partial charge in [0, 0.05) is 5.92 Å². The number of halogens is 7. The predicted molar refractivity (Wildman–Crippen MR) is 71.1 cm³/mol. The molecule has 0 aromatic rings. The van der Waals surface area contributed by atoms with Crippen LogP contribution < -0.4 is 0 Å². The molecular formula is C15H19F7O3. The first-order valence-electron chi connectivity index (χ1n) is 7.91. The molecule has 25 heavy (non-hydrogen) atoms. The van der Waals surface area contributed by atoms with Gasteiger partial charge in [0.25, 0.3) is 5.60 Å². The lowest BCUT2D eigenvalue weighted by Crippen LogP contribution is -2.63. The summed E-state index contributed by atoms with van der Waals surface area (Å²) in [6.45, 7) is 2.41. The van der Waals surface area contributed by atoms with Gasteiger partial charge in [0.05, 0.1) is 0 Å². The van der Waals surface area contributed by atoms with Gasteiger partial charge < -0.3 is 9.84 Å². The second-order valence-electron chi connectivity index (χ2n) is 7.09. The van der Waals surface area contributed by atoms with Crippen molar-refractivity contribution >= 4 is 5.97 Å². The van der Waals surface area contributed by atoms with Crippen LogP contribution in [-0.4, -0.2) is 40.8 Å². The lowest BCUT2D eigenvalue weighted by atomic mass is 9.74. The van der Waals surface area contributed by atoms with Crippen LogP contribution in [0.1, 0.15) is 39.5 Å². The molecule has 0 aromatic carbocycles. The SMILES string of the molecule is CCC(C)(F)C(=O)OC1CC2CC1CC2C(O)(C(F)(F)F)C(F)(F)F. The van der Waals surface area contributed by atoms with Gasteiger partial charge in [0.1, 0.15) is 6.10 Å². The highest BCUT2D eigenvalue weighted by Crippen LogP contribution is 2.60. The number of aliphatic hydroxyl groups is 1. The van der Waals surface area contributed by atoms with Crippen molar-refractivity contribution in [3.05, 3.63) is 0 Å². The fourth-order valence-electron chi connectivity index (χ4n) is 3.86. The summed E-state index contributed by atoms with van der Waals surface area (Å²) in [6.07, 6.45) is -13.7. The van der Waals surface area contributed by atoms with Crippen molar-refractivity contribution in [1.29, 1.82) is 0 Å². The maximum atomic E-state index is 13.9. The van der Waals surface area contributed by atoms with E-state index < -0.39 is 59.9 Å². The lowest BCUT2D eigenvalue weighted by Gasteiger charge is -2.41. The number of hydrogen-bond acceptors (Lipinski definition) is 3. The number of carbonyl (C=O) groups excluding carboxylic acids is 1. The third kappa shape index (κ3) is 3.21. The predicted octanol–water partition coefficient (Wildman–Crippen LogP) is 3.94. The van der Waals surface area contributed by atoms with E-state index in [2.05, 4.69) is 0 Å². The average Bonchev–Trinajstić information content (AvgIpc) is 3.03. The molecule has 0 spiro atoms. The Morgan fingerprint density at radius 1 is 1.00 bits per heavy atom. The number of esters is 1. The fraction of sp³-hybridized carbons (Fsp3) is 0.933. The van der Waals surface area contributed by atoms with E-state index in [4.69, 9.17) is 4.74 Å². The third-order valence-corrected chi connectivity index (χ3v) is 5.54. The van der Waals surface area contributed by atoms with Gasteiger partial charge in [0.2, 0.25) is 5.67 Å². The molecule has 5 unspecified atom stereocenters. The minimum Gasteiger partial charge on any atom is -0.460 e. The first-order chi connectivity index (χ1) is 11.1. The van der Waals surface area contributed by atoms with E-state index in [1.807, 2.05) is 0 Å². The van der Waals surface area contributed by atoms with E-state index in [0.29, 0.717) is 0 Å². The molecule has 1 N–H and O–H groups in total.